The van der Waals surface area contributed by atoms with E-state index >= 15 is 0 Å². The summed E-state index contributed by atoms with van der Waals surface area (Å²) in [6, 6.07) is 28.9. The summed E-state index contributed by atoms with van der Waals surface area (Å²) in [7, 11) is 0. The molecule has 4 aromatic rings. The fourth-order valence-corrected chi connectivity index (χ4v) is 4.73. The fourth-order valence-electron chi connectivity index (χ4n) is 4.73. The Balaban J connectivity index is 1.40. The molecule has 2 N–H and O–H groups in total. The highest BCUT2D eigenvalue weighted by molar-refractivity contribution is 5.89. The number of hydrogen-bond donors (Lipinski definition) is 1. The van der Waals surface area contributed by atoms with Crippen LogP contribution in [0.1, 0.15) is 42.4 Å². The Morgan fingerprint density at radius 3 is 2.66 bits per heavy atom. The highest BCUT2D eigenvalue weighted by atomic mass is 16.5. The molecule has 0 saturated carbocycles. The largest absolute Gasteiger partial charge is 0.494 e. The number of allylic oxidation sites excluding steroid dienone is 1. The van der Waals surface area contributed by atoms with Crippen LogP contribution in [0.25, 0.3) is 10.8 Å². The highest BCUT2D eigenvalue weighted by Gasteiger charge is 2.31. The van der Waals surface area contributed by atoms with Gasteiger partial charge >= 0.3 is 5.97 Å². The molecular weight excluding hydrogens is 476 g/mol. The molecule has 1 aliphatic heterocycles. The van der Waals surface area contributed by atoms with Crippen LogP contribution >= 0.6 is 0 Å². The summed E-state index contributed by atoms with van der Waals surface area (Å²) in [5.74, 6) is 0.739. The lowest BCUT2D eigenvalue weighted by atomic mass is 9.83. The number of nitrogens with two attached hydrogens (primary N) is 1. The molecule has 6 heteroatoms. The Labute approximate surface area is 221 Å². The number of unbranched alkanes of at least 4 members (excludes halogenated alkanes) is 1. The molecule has 190 valence electrons. The number of carbonyl (C=O) groups is 1. The molecule has 0 amide bonds. The summed E-state index contributed by atoms with van der Waals surface area (Å²) in [4.78, 5) is 12.8. The third kappa shape index (κ3) is 5.18. The maximum atomic E-state index is 12.8. The van der Waals surface area contributed by atoms with E-state index in [0.29, 0.717) is 23.7 Å². The van der Waals surface area contributed by atoms with Crippen LogP contribution in [0.15, 0.2) is 96.4 Å². The van der Waals surface area contributed by atoms with Crippen molar-refractivity contribution >= 4 is 16.7 Å². The van der Waals surface area contributed by atoms with Crippen molar-refractivity contribution in [2.24, 2.45) is 5.73 Å². The summed E-state index contributed by atoms with van der Waals surface area (Å²) >= 11 is 0. The maximum Gasteiger partial charge on any atom is 0.315 e. The van der Waals surface area contributed by atoms with Crippen molar-refractivity contribution in [2.75, 3.05) is 6.61 Å². The predicted molar refractivity (Wildman–Crippen MR) is 146 cm³/mol. The highest BCUT2D eigenvalue weighted by Crippen LogP contribution is 2.44. The van der Waals surface area contributed by atoms with Crippen LogP contribution in [0.4, 0.5) is 0 Å². The predicted octanol–water partition coefficient (Wildman–Crippen LogP) is 6.38. The molecule has 0 aromatic heterocycles. The fraction of sp³-hybridized carbons (Fsp3) is 0.188. The van der Waals surface area contributed by atoms with Crippen molar-refractivity contribution in [3.63, 3.8) is 0 Å². The first kappa shape index (κ1) is 24.9. The Kier molecular flexibility index (Phi) is 7.28. The zero-order chi connectivity index (χ0) is 26.5. The van der Waals surface area contributed by atoms with E-state index in [1.54, 1.807) is 12.1 Å². The summed E-state index contributed by atoms with van der Waals surface area (Å²) < 4.78 is 17.4. The summed E-state index contributed by atoms with van der Waals surface area (Å²) in [6.07, 6.45) is 2.13. The van der Waals surface area contributed by atoms with Gasteiger partial charge < -0.3 is 19.9 Å². The number of esters is 1. The van der Waals surface area contributed by atoms with E-state index in [4.69, 9.17) is 19.9 Å². The molecule has 5 rings (SSSR count). The van der Waals surface area contributed by atoms with E-state index in [1.807, 2.05) is 72.8 Å². The van der Waals surface area contributed by atoms with Gasteiger partial charge in [0.15, 0.2) is 0 Å². The minimum Gasteiger partial charge on any atom is -0.494 e. The first-order valence-corrected chi connectivity index (χ1v) is 12.7. The summed E-state index contributed by atoms with van der Waals surface area (Å²) in [5.41, 5.74) is 9.02. The Morgan fingerprint density at radius 2 is 1.82 bits per heavy atom. The lowest BCUT2D eigenvalue weighted by molar-refractivity contribution is -0.133. The number of hydrogen-bond acceptors (Lipinski definition) is 6. The van der Waals surface area contributed by atoms with E-state index < -0.39 is 5.92 Å². The molecule has 4 aromatic carbocycles. The second-order valence-corrected chi connectivity index (χ2v) is 9.19. The van der Waals surface area contributed by atoms with Gasteiger partial charge in [0, 0.05) is 11.6 Å². The van der Waals surface area contributed by atoms with E-state index in [9.17, 15) is 10.1 Å². The van der Waals surface area contributed by atoms with Crippen LogP contribution in [0.5, 0.6) is 17.2 Å². The van der Waals surface area contributed by atoms with Gasteiger partial charge in [-0.1, -0.05) is 74.0 Å². The smallest absolute Gasteiger partial charge is 0.315 e. The number of rotatable bonds is 8. The summed E-state index contributed by atoms with van der Waals surface area (Å²) in [5, 5.41) is 12.0. The van der Waals surface area contributed by atoms with E-state index in [-0.39, 0.29) is 18.3 Å². The Morgan fingerprint density at radius 1 is 1.00 bits per heavy atom. The number of nitriles is 1. The average Bonchev–Trinajstić information content (AvgIpc) is 2.93. The zero-order valence-electron chi connectivity index (χ0n) is 21.1. The average molecular weight is 505 g/mol. The third-order valence-corrected chi connectivity index (χ3v) is 6.59. The standard InChI is InChI=1S/C32H28N2O4/c1-2-3-16-36-24-12-7-11-23(17-24)31-27-15-14-25(19-29(27)38-32(34)28(31)20-33)37-30(35)18-22-10-6-9-21-8-4-5-13-26(21)22/h4-15,17,19,31H,2-3,16,18,34H2,1H3. The molecule has 6 nitrogen and oxygen atoms in total. The minimum absolute atomic E-state index is 0.0292. The van der Waals surface area contributed by atoms with E-state index in [0.717, 1.165) is 46.1 Å². The lowest BCUT2D eigenvalue weighted by Crippen LogP contribution is -2.21. The Hall–Kier alpha value is -4.76. The maximum absolute atomic E-state index is 12.8. The van der Waals surface area contributed by atoms with Crippen molar-refractivity contribution in [3.8, 4) is 23.3 Å². The number of ether oxygens (including phenoxy) is 3. The molecule has 1 aliphatic rings. The second-order valence-electron chi connectivity index (χ2n) is 9.19. The molecule has 0 fully saturated rings. The molecular formula is C32H28N2O4. The van der Waals surface area contributed by atoms with Gasteiger partial charge in [0.05, 0.1) is 18.9 Å². The topological polar surface area (TPSA) is 94.6 Å². The molecule has 0 bridgehead atoms. The van der Waals surface area contributed by atoms with E-state index in [2.05, 4.69) is 13.0 Å². The van der Waals surface area contributed by atoms with Gasteiger partial charge in [0.2, 0.25) is 5.88 Å². The van der Waals surface area contributed by atoms with E-state index in [1.165, 1.54) is 0 Å². The molecule has 0 spiro atoms. The van der Waals surface area contributed by atoms with Crippen molar-refractivity contribution in [1.82, 2.24) is 0 Å². The van der Waals surface area contributed by atoms with Crippen molar-refractivity contribution in [1.29, 1.82) is 5.26 Å². The molecule has 1 heterocycles. The first-order chi connectivity index (χ1) is 18.6. The van der Waals surface area contributed by atoms with Crippen LogP contribution in [0, 0.1) is 11.3 Å². The van der Waals surface area contributed by atoms with Crippen LogP contribution in [-0.4, -0.2) is 12.6 Å². The summed E-state index contributed by atoms with van der Waals surface area (Å²) in [6.45, 7) is 2.74. The normalized spacial score (nSPS) is 14.4. The van der Waals surface area contributed by atoms with Crippen molar-refractivity contribution in [2.45, 2.75) is 32.1 Å². The van der Waals surface area contributed by atoms with Gasteiger partial charge in [-0.05, 0) is 46.5 Å². The van der Waals surface area contributed by atoms with Crippen LogP contribution in [0.3, 0.4) is 0 Å². The van der Waals surface area contributed by atoms with Gasteiger partial charge in [-0.3, -0.25) is 4.79 Å². The third-order valence-electron chi connectivity index (χ3n) is 6.59. The number of fused-ring (bicyclic) bond motifs is 2. The number of nitrogens with zero attached hydrogens (tertiary/aromatic N) is 1. The molecule has 0 aliphatic carbocycles. The van der Waals surface area contributed by atoms with Crippen LogP contribution in [0.2, 0.25) is 0 Å². The van der Waals surface area contributed by atoms with Gasteiger partial charge in [0.1, 0.15) is 28.9 Å². The lowest BCUT2D eigenvalue weighted by Gasteiger charge is -2.27. The zero-order valence-corrected chi connectivity index (χ0v) is 21.1. The number of benzene rings is 4. The second kappa shape index (κ2) is 11.1. The van der Waals surface area contributed by atoms with Crippen molar-refractivity contribution in [3.05, 3.63) is 113 Å². The minimum atomic E-state index is -0.432. The molecule has 0 radical (unpaired) electrons. The van der Waals surface area contributed by atoms with Crippen LogP contribution in [-0.2, 0) is 11.2 Å². The number of carbonyl (C=O) groups excluding carboxylic acids is 1. The molecule has 0 saturated heterocycles. The van der Waals surface area contributed by atoms with Gasteiger partial charge in [-0.25, -0.2) is 0 Å². The molecule has 38 heavy (non-hydrogen) atoms. The molecule has 1 unspecified atom stereocenters. The quantitative estimate of drug-likeness (QED) is 0.170. The van der Waals surface area contributed by atoms with Crippen molar-refractivity contribution < 1.29 is 19.0 Å². The van der Waals surface area contributed by atoms with Gasteiger partial charge in [-0.2, -0.15) is 5.26 Å². The SMILES string of the molecule is CCCCOc1cccc(C2C(C#N)=C(N)Oc3cc(OC(=O)Cc4cccc5ccccc45)ccc32)c1. The van der Waals surface area contributed by atoms with Crippen LogP contribution < -0.4 is 19.9 Å². The monoisotopic (exact) mass is 504 g/mol. The molecule has 1 atom stereocenters. The Bertz CT molecular complexity index is 1560. The first-order valence-electron chi connectivity index (χ1n) is 12.7. The van der Waals surface area contributed by atoms with Gasteiger partial charge in [-0.15, -0.1) is 0 Å². The van der Waals surface area contributed by atoms with Gasteiger partial charge in [0.25, 0.3) is 0 Å².